The SMILES string of the molecule is COc1c(CC(C)=O)ccc2c1C(=O)c1ccc([C@H]3CC(=O)C[C@@H](C)O3)c(OC)c1C2=O. The fraction of sp³-hybridized carbons (Fsp3) is 0.360. The first-order chi connectivity index (χ1) is 15.3. The molecular formula is C25H24O7. The average molecular weight is 436 g/mol. The highest BCUT2D eigenvalue weighted by Gasteiger charge is 2.38. The topological polar surface area (TPSA) is 96.0 Å². The highest BCUT2D eigenvalue weighted by molar-refractivity contribution is 6.30. The fourth-order valence-corrected chi connectivity index (χ4v) is 4.61. The van der Waals surface area contributed by atoms with Gasteiger partial charge in [-0.05, 0) is 26.0 Å². The summed E-state index contributed by atoms with van der Waals surface area (Å²) in [6.45, 7) is 3.28. The lowest BCUT2D eigenvalue weighted by molar-refractivity contribution is -0.134. The van der Waals surface area contributed by atoms with E-state index in [0.717, 1.165) is 0 Å². The molecule has 166 valence electrons. The summed E-state index contributed by atoms with van der Waals surface area (Å²) < 4.78 is 17.0. The number of ketones is 4. The van der Waals surface area contributed by atoms with Crippen LogP contribution >= 0.6 is 0 Å². The van der Waals surface area contributed by atoms with Crippen LogP contribution in [0.4, 0.5) is 0 Å². The molecule has 7 nitrogen and oxygen atoms in total. The van der Waals surface area contributed by atoms with Crippen LogP contribution in [-0.4, -0.2) is 43.5 Å². The Labute approximate surface area is 185 Å². The van der Waals surface area contributed by atoms with Gasteiger partial charge in [0, 0.05) is 41.5 Å². The monoisotopic (exact) mass is 436 g/mol. The van der Waals surface area contributed by atoms with Crippen molar-refractivity contribution in [1.82, 2.24) is 0 Å². The highest BCUT2D eigenvalue weighted by Crippen LogP contribution is 2.43. The summed E-state index contributed by atoms with van der Waals surface area (Å²) in [5.74, 6) is -0.290. The van der Waals surface area contributed by atoms with Crippen molar-refractivity contribution in [2.24, 2.45) is 0 Å². The van der Waals surface area contributed by atoms with E-state index in [-0.39, 0.29) is 75.8 Å². The van der Waals surface area contributed by atoms with E-state index >= 15 is 0 Å². The zero-order valence-corrected chi connectivity index (χ0v) is 18.4. The van der Waals surface area contributed by atoms with Gasteiger partial charge >= 0.3 is 0 Å². The molecule has 0 aromatic heterocycles. The minimum absolute atomic E-state index is 0.0732. The predicted octanol–water partition coefficient (Wildman–Crippen LogP) is 3.42. The van der Waals surface area contributed by atoms with Gasteiger partial charge in [0.05, 0.1) is 37.6 Å². The van der Waals surface area contributed by atoms with Crippen LogP contribution < -0.4 is 9.47 Å². The molecule has 32 heavy (non-hydrogen) atoms. The van der Waals surface area contributed by atoms with Crippen LogP contribution in [0.2, 0.25) is 0 Å². The number of carbonyl (C=O) groups excluding carboxylic acids is 4. The quantitative estimate of drug-likeness (QED) is 0.605. The first-order valence-corrected chi connectivity index (χ1v) is 10.4. The molecule has 0 bridgehead atoms. The second-order valence-corrected chi connectivity index (χ2v) is 8.21. The molecule has 0 saturated carbocycles. The lowest BCUT2D eigenvalue weighted by Gasteiger charge is -2.30. The Kier molecular flexibility index (Phi) is 5.69. The fourth-order valence-electron chi connectivity index (χ4n) is 4.61. The Morgan fingerprint density at radius 2 is 1.53 bits per heavy atom. The van der Waals surface area contributed by atoms with Gasteiger partial charge < -0.3 is 14.2 Å². The van der Waals surface area contributed by atoms with Gasteiger partial charge in [-0.1, -0.05) is 12.1 Å². The lowest BCUT2D eigenvalue weighted by Crippen LogP contribution is -2.28. The molecule has 0 spiro atoms. The molecule has 0 radical (unpaired) electrons. The summed E-state index contributed by atoms with van der Waals surface area (Å²) in [5.41, 5.74) is 1.80. The zero-order chi connectivity index (χ0) is 23.2. The molecule has 0 amide bonds. The number of Topliss-reactive ketones (excluding diaryl/α,β-unsaturated/α-hetero) is 2. The number of fused-ring (bicyclic) bond motifs is 2. The number of hydrogen-bond donors (Lipinski definition) is 0. The van der Waals surface area contributed by atoms with Crippen LogP contribution in [0.25, 0.3) is 0 Å². The van der Waals surface area contributed by atoms with Gasteiger partial charge in [0.2, 0.25) is 0 Å². The first-order valence-electron chi connectivity index (χ1n) is 10.4. The molecule has 0 unspecified atom stereocenters. The van der Waals surface area contributed by atoms with Crippen LogP contribution in [0.1, 0.15) is 75.8 Å². The van der Waals surface area contributed by atoms with E-state index in [2.05, 4.69) is 0 Å². The molecule has 1 aliphatic carbocycles. The summed E-state index contributed by atoms with van der Waals surface area (Å²) >= 11 is 0. The van der Waals surface area contributed by atoms with E-state index < -0.39 is 6.10 Å². The van der Waals surface area contributed by atoms with Gasteiger partial charge in [-0.15, -0.1) is 0 Å². The van der Waals surface area contributed by atoms with Crippen molar-refractivity contribution in [3.8, 4) is 11.5 Å². The van der Waals surface area contributed by atoms with Gasteiger partial charge in [-0.2, -0.15) is 0 Å². The molecule has 2 aromatic rings. The number of methoxy groups -OCH3 is 2. The van der Waals surface area contributed by atoms with Crippen LogP contribution in [0.5, 0.6) is 11.5 Å². The molecule has 4 rings (SSSR count). The summed E-state index contributed by atoms with van der Waals surface area (Å²) in [6.07, 6.45) is -0.178. The first kappa shape index (κ1) is 21.9. The third-order valence-electron chi connectivity index (χ3n) is 5.89. The molecule has 7 heteroatoms. The Balaban J connectivity index is 1.87. The van der Waals surface area contributed by atoms with Crippen LogP contribution in [0.15, 0.2) is 24.3 Å². The largest absolute Gasteiger partial charge is 0.496 e. The number of rotatable bonds is 5. The second kappa shape index (κ2) is 8.31. The summed E-state index contributed by atoms with van der Waals surface area (Å²) in [4.78, 5) is 50.8. The lowest BCUT2D eigenvalue weighted by atomic mass is 9.80. The molecule has 2 aliphatic rings. The molecule has 1 aliphatic heterocycles. The van der Waals surface area contributed by atoms with Gasteiger partial charge in [0.15, 0.2) is 11.6 Å². The standard InChI is InChI=1S/C25H24O7/c1-12(26)9-14-5-6-17-20(24(14)30-3)22(28)18-8-7-16(25(31-4)21(18)23(17)29)19-11-15(27)10-13(2)32-19/h5-8,13,19H,9-11H2,1-4H3/t13-,19-/m1/s1. The maximum absolute atomic E-state index is 13.5. The Morgan fingerprint density at radius 3 is 2.09 bits per heavy atom. The Hall–Kier alpha value is -3.32. The minimum atomic E-state index is -0.553. The molecule has 2 aromatic carbocycles. The predicted molar refractivity (Wildman–Crippen MR) is 115 cm³/mol. The van der Waals surface area contributed by atoms with Crippen LogP contribution in [-0.2, 0) is 20.7 Å². The van der Waals surface area contributed by atoms with Crippen LogP contribution in [0.3, 0.4) is 0 Å². The van der Waals surface area contributed by atoms with E-state index in [0.29, 0.717) is 17.5 Å². The Bertz CT molecular complexity index is 1160. The third kappa shape index (κ3) is 3.52. The van der Waals surface area contributed by atoms with E-state index in [1.807, 2.05) is 6.92 Å². The summed E-state index contributed by atoms with van der Waals surface area (Å²) in [7, 11) is 2.84. The van der Waals surface area contributed by atoms with E-state index in [1.165, 1.54) is 21.1 Å². The maximum Gasteiger partial charge on any atom is 0.198 e. The highest BCUT2D eigenvalue weighted by atomic mass is 16.5. The van der Waals surface area contributed by atoms with Gasteiger partial charge in [-0.3, -0.25) is 19.2 Å². The molecule has 1 saturated heterocycles. The normalized spacial score (nSPS) is 19.9. The minimum Gasteiger partial charge on any atom is -0.496 e. The van der Waals surface area contributed by atoms with Crippen LogP contribution in [0, 0.1) is 0 Å². The second-order valence-electron chi connectivity index (χ2n) is 8.21. The van der Waals surface area contributed by atoms with Crippen molar-refractivity contribution in [3.63, 3.8) is 0 Å². The molecule has 1 heterocycles. The average Bonchev–Trinajstić information content (AvgIpc) is 2.75. The van der Waals surface area contributed by atoms with Crippen molar-refractivity contribution in [2.75, 3.05) is 14.2 Å². The van der Waals surface area contributed by atoms with Crippen molar-refractivity contribution >= 4 is 23.1 Å². The number of ether oxygens (including phenoxy) is 3. The molecule has 2 atom stereocenters. The third-order valence-corrected chi connectivity index (χ3v) is 5.89. The number of benzene rings is 2. The number of carbonyl (C=O) groups is 4. The van der Waals surface area contributed by atoms with E-state index in [1.54, 1.807) is 24.3 Å². The van der Waals surface area contributed by atoms with E-state index in [4.69, 9.17) is 14.2 Å². The number of hydrogen-bond acceptors (Lipinski definition) is 7. The van der Waals surface area contributed by atoms with Gasteiger partial charge in [0.25, 0.3) is 0 Å². The van der Waals surface area contributed by atoms with E-state index in [9.17, 15) is 19.2 Å². The van der Waals surface area contributed by atoms with Gasteiger partial charge in [0.1, 0.15) is 23.1 Å². The van der Waals surface area contributed by atoms with Gasteiger partial charge in [-0.25, -0.2) is 0 Å². The molecular weight excluding hydrogens is 412 g/mol. The zero-order valence-electron chi connectivity index (χ0n) is 18.4. The summed E-state index contributed by atoms with van der Waals surface area (Å²) in [5, 5.41) is 0. The Morgan fingerprint density at radius 1 is 0.938 bits per heavy atom. The van der Waals surface area contributed by atoms with Crippen molar-refractivity contribution in [3.05, 3.63) is 57.6 Å². The molecule has 0 N–H and O–H groups in total. The summed E-state index contributed by atoms with van der Waals surface area (Å²) in [6, 6.07) is 6.43. The maximum atomic E-state index is 13.5. The van der Waals surface area contributed by atoms with Crippen molar-refractivity contribution in [1.29, 1.82) is 0 Å². The smallest absolute Gasteiger partial charge is 0.198 e. The molecule has 1 fully saturated rings. The van der Waals surface area contributed by atoms with Crippen molar-refractivity contribution in [2.45, 2.75) is 45.3 Å². The van der Waals surface area contributed by atoms with Crippen molar-refractivity contribution < 1.29 is 33.4 Å².